The van der Waals surface area contributed by atoms with Gasteiger partial charge in [0.15, 0.2) is 0 Å². The third kappa shape index (κ3) is 2.28. The van der Waals surface area contributed by atoms with Crippen LogP contribution in [-0.2, 0) is 11.2 Å². The molecule has 2 unspecified atom stereocenters. The smallest absolute Gasteiger partial charge is 0.0730 e. The third-order valence-electron chi connectivity index (χ3n) is 3.56. The Kier molecular flexibility index (Phi) is 3.04. The van der Waals surface area contributed by atoms with Crippen molar-refractivity contribution < 1.29 is 4.74 Å². The van der Waals surface area contributed by atoms with Crippen LogP contribution in [-0.4, -0.2) is 18.2 Å². The standard InChI is InChI=1S/C14H21NO/c1-10-6-11(2)8-13(7-10)9-14(15)4-5-16-12(14)3/h6-8,12H,4-5,9,15H2,1-3H3. The van der Waals surface area contributed by atoms with E-state index in [1.165, 1.54) is 16.7 Å². The molecule has 2 N–H and O–H groups in total. The van der Waals surface area contributed by atoms with Gasteiger partial charge in [0, 0.05) is 12.1 Å². The molecule has 0 spiro atoms. The van der Waals surface area contributed by atoms with Crippen LogP contribution in [0.4, 0.5) is 0 Å². The van der Waals surface area contributed by atoms with E-state index in [-0.39, 0.29) is 11.6 Å². The zero-order chi connectivity index (χ0) is 11.8. The highest BCUT2D eigenvalue weighted by atomic mass is 16.5. The highest BCUT2D eigenvalue weighted by molar-refractivity contribution is 5.30. The van der Waals surface area contributed by atoms with Crippen molar-refractivity contribution in [3.05, 3.63) is 34.9 Å². The lowest BCUT2D eigenvalue weighted by Crippen LogP contribution is -2.48. The van der Waals surface area contributed by atoms with Crippen LogP contribution in [0.2, 0.25) is 0 Å². The van der Waals surface area contributed by atoms with E-state index in [0.717, 1.165) is 19.4 Å². The highest BCUT2D eigenvalue weighted by Crippen LogP contribution is 2.27. The fourth-order valence-electron chi connectivity index (χ4n) is 2.58. The molecule has 1 aliphatic heterocycles. The van der Waals surface area contributed by atoms with Gasteiger partial charge in [-0.25, -0.2) is 0 Å². The van der Waals surface area contributed by atoms with Crippen LogP contribution in [0, 0.1) is 13.8 Å². The molecule has 0 bridgehead atoms. The van der Waals surface area contributed by atoms with E-state index in [9.17, 15) is 0 Å². The molecule has 2 atom stereocenters. The lowest BCUT2D eigenvalue weighted by atomic mass is 9.85. The van der Waals surface area contributed by atoms with Crippen LogP contribution in [0.5, 0.6) is 0 Å². The van der Waals surface area contributed by atoms with Crippen molar-refractivity contribution in [2.24, 2.45) is 5.73 Å². The summed E-state index contributed by atoms with van der Waals surface area (Å²) in [6.07, 6.45) is 2.03. The summed E-state index contributed by atoms with van der Waals surface area (Å²) in [5, 5.41) is 0. The van der Waals surface area contributed by atoms with E-state index in [2.05, 4.69) is 39.0 Å². The van der Waals surface area contributed by atoms with E-state index in [1.807, 2.05) is 0 Å². The first kappa shape index (κ1) is 11.6. The fourth-order valence-corrected chi connectivity index (χ4v) is 2.58. The van der Waals surface area contributed by atoms with Gasteiger partial charge in [-0.1, -0.05) is 29.3 Å². The fraction of sp³-hybridized carbons (Fsp3) is 0.571. The Hall–Kier alpha value is -0.860. The lowest BCUT2D eigenvalue weighted by molar-refractivity contribution is 0.0955. The predicted octanol–water partition coefficient (Wildman–Crippen LogP) is 2.35. The topological polar surface area (TPSA) is 35.2 Å². The SMILES string of the molecule is Cc1cc(C)cc(CC2(N)CCOC2C)c1. The Morgan fingerprint density at radius 1 is 1.31 bits per heavy atom. The molecule has 1 fully saturated rings. The number of aryl methyl sites for hydroxylation is 2. The van der Waals surface area contributed by atoms with E-state index < -0.39 is 0 Å². The molecule has 0 radical (unpaired) electrons. The van der Waals surface area contributed by atoms with Crippen LogP contribution in [0.1, 0.15) is 30.0 Å². The first-order valence-corrected chi connectivity index (χ1v) is 5.97. The molecule has 88 valence electrons. The van der Waals surface area contributed by atoms with Crippen LogP contribution in [0.15, 0.2) is 18.2 Å². The monoisotopic (exact) mass is 219 g/mol. The van der Waals surface area contributed by atoms with Crippen molar-refractivity contribution in [1.29, 1.82) is 0 Å². The summed E-state index contributed by atoms with van der Waals surface area (Å²) in [5.74, 6) is 0. The lowest BCUT2D eigenvalue weighted by Gasteiger charge is -2.27. The Balaban J connectivity index is 2.20. The summed E-state index contributed by atoms with van der Waals surface area (Å²) in [6, 6.07) is 6.65. The Morgan fingerprint density at radius 2 is 1.94 bits per heavy atom. The molecule has 1 aliphatic rings. The molecule has 1 heterocycles. The Labute approximate surface area is 97.8 Å². The Bertz CT molecular complexity index is 368. The molecular weight excluding hydrogens is 198 g/mol. The van der Waals surface area contributed by atoms with Crippen molar-refractivity contribution in [2.45, 2.75) is 45.3 Å². The normalized spacial score (nSPS) is 29.6. The number of hydrogen-bond acceptors (Lipinski definition) is 2. The van der Waals surface area contributed by atoms with Gasteiger partial charge in [-0.15, -0.1) is 0 Å². The van der Waals surface area contributed by atoms with Crippen LogP contribution in [0.3, 0.4) is 0 Å². The minimum atomic E-state index is -0.180. The van der Waals surface area contributed by atoms with E-state index >= 15 is 0 Å². The maximum atomic E-state index is 6.41. The molecule has 0 amide bonds. The third-order valence-corrected chi connectivity index (χ3v) is 3.56. The molecule has 1 aromatic carbocycles. The summed E-state index contributed by atoms with van der Waals surface area (Å²) in [4.78, 5) is 0. The van der Waals surface area contributed by atoms with Crippen molar-refractivity contribution in [3.63, 3.8) is 0 Å². The second kappa shape index (κ2) is 4.19. The molecular formula is C14H21NO. The summed E-state index contributed by atoms with van der Waals surface area (Å²) >= 11 is 0. The molecule has 16 heavy (non-hydrogen) atoms. The number of benzene rings is 1. The van der Waals surface area contributed by atoms with Gasteiger partial charge in [0.25, 0.3) is 0 Å². The molecule has 0 aromatic heterocycles. The largest absolute Gasteiger partial charge is 0.377 e. The minimum absolute atomic E-state index is 0.160. The maximum Gasteiger partial charge on any atom is 0.0730 e. The quantitative estimate of drug-likeness (QED) is 0.828. The zero-order valence-corrected chi connectivity index (χ0v) is 10.4. The average molecular weight is 219 g/mol. The molecule has 0 saturated carbocycles. The minimum Gasteiger partial charge on any atom is -0.377 e. The molecule has 2 rings (SSSR count). The Morgan fingerprint density at radius 3 is 2.44 bits per heavy atom. The van der Waals surface area contributed by atoms with Crippen molar-refractivity contribution >= 4 is 0 Å². The number of ether oxygens (including phenoxy) is 1. The van der Waals surface area contributed by atoms with Crippen molar-refractivity contribution in [2.75, 3.05) is 6.61 Å². The molecule has 2 nitrogen and oxygen atoms in total. The van der Waals surface area contributed by atoms with Gasteiger partial charge in [-0.05, 0) is 39.2 Å². The molecule has 1 aromatic rings. The highest BCUT2D eigenvalue weighted by Gasteiger charge is 2.37. The second-order valence-electron chi connectivity index (χ2n) is 5.17. The number of hydrogen-bond donors (Lipinski definition) is 1. The maximum absolute atomic E-state index is 6.41. The van der Waals surface area contributed by atoms with Crippen LogP contribution >= 0.6 is 0 Å². The van der Waals surface area contributed by atoms with Gasteiger partial charge >= 0.3 is 0 Å². The van der Waals surface area contributed by atoms with E-state index in [1.54, 1.807) is 0 Å². The van der Waals surface area contributed by atoms with Crippen LogP contribution in [0.25, 0.3) is 0 Å². The zero-order valence-electron chi connectivity index (χ0n) is 10.4. The van der Waals surface area contributed by atoms with Gasteiger partial charge < -0.3 is 10.5 Å². The second-order valence-corrected chi connectivity index (χ2v) is 5.17. The van der Waals surface area contributed by atoms with Crippen molar-refractivity contribution in [1.82, 2.24) is 0 Å². The van der Waals surface area contributed by atoms with E-state index in [4.69, 9.17) is 10.5 Å². The van der Waals surface area contributed by atoms with Gasteiger partial charge in [0.1, 0.15) is 0 Å². The summed E-state index contributed by atoms with van der Waals surface area (Å²) < 4.78 is 5.58. The number of rotatable bonds is 2. The van der Waals surface area contributed by atoms with Gasteiger partial charge in [-0.2, -0.15) is 0 Å². The summed E-state index contributed by atoms with van der Waals surface area (Å²) in [5.41, 5.74) is 10.2. The first-order valence-electron chi connectivity index (χ1n) is 5.97. The van der Waals surface area contributed by atoms with E-state index in [0.29, 0.717) is 0 Å². The van der Waals surface area contributed by atoms with Gasteiger partial charge in [0.2, 0.25) is 0 Å². The van der Waals surface area contributed by atoms with Gasteiger partial charge in [0.05, 0.1) is 6.10 Å². The van der Waals surface area contributed by atoms with Crippen molar-refractivity contribution in [3.8, 4) is 0 Å². The molecule has 1 saturated heterocycles. The number of nitrogens with two attached hydrogens (primary N) is 1. The predicted molar refractivity (Wildman–Crippen MR) is 66.6 cm³/mol. The summed E-state index contributed by atoms with van der Waals surface area (Å²) in [7, 11) is 0. The first-order chi connectivity index (χ1) is 7.49. The molecule has 2 heteroatoms. The summed E-state index contributed by atoms with van der Waals surface area (Å²) in [6.45, 7) is 7.14. The van der Waals surface area contributed by atoms with Gasteiger partial charge in [-0.3, -0.25) is 0 Å². The molecule has 0 aliphatic carbocycles. The van der Waals surface area contributed by atoms with Crippen LogP contribution < -0.4 is 5.73 Å². The average Bonchev–Trinajstić information content (AvgIpc) is 2.44.